The van der Waals surface area contributed by atoms with Crippen LogP contribution < -0.4 is 16.0 Å². The number of rotatable bonds is 12. The van der Waals surface area contributed by atoms with Crippen LogP contribution in [0.2, 0.25) is 0 Å². The maximum Gasteiger partial charge on any atom is 0.289 e. The van der Waals surface area contributed by atoms with Crippen molar-refractivity contribution in [3.05, 3.63) is 12.7 Å². The molecule has 0 spiro atoms. The first kappa shape index (κ1) is 31.0. The molecule has 1 heterocycles. The summed E-state index contributed by atoms with van der Waals surface area (Å²) in [6, 6.07) is -2.03. The maximum absolute atomic E-state index is 14.0. The third-order valence-corrected chi connectivity index (χ3v) is 7.94. The summed E-state index contributed by atoms with van der Waals surface area (Å²) in [6.45, 7) is 23.7. The number of nitrogens with one attached hydrogen (secondary N) is 3. The molecule has 37 heavy (non-hydrogen) atoms. The average Bonchev–Trinajstić information content (AvgIpc) is 3.10. The zero-order valence-electron chi connectivity index (χ0n) is 24.5. The minimum absolute atomic E-state index is 0.0265. The van der Waals surface area contributed by atoms with Gasteiger partial charge in [-0.3, -0.25) is 19.2 Å². The molecule has 2 fully saturated rings. The Morgan fingerprint density at radius 2 is 1.73 bits per heavy atom. The molecule has 0 bridgehead atoms. The van der Waals surface area contributed by atoms with Crippen molar-refractivity contribution in [1.82, 2.24) is 20.9 Å². The van der Waals surface area contributed by atoms with Crippen molar-refractivity contribution in [2.75, 3.05) is 19.6 Å². The van der Waals surface area contributed by atoms with Crippen molar-refractivity contribution in [3.63, 3.8) is 0 Å². The Morgan fingerprint density at radius 3 is 2.24 bits per heavy atom. The Morgan fingerprint density at radius 1 is 1.11 bits per heavy atom. The number of hydrogen-bond donors (Lipinski definition) is 3. The monoisotopic (exact) mass is 518 g/mol. The summed E-state index contributed by atoms with van der Waals surface area (Å²) in [5.74, 6) is -1.57. The molecule has 8 nitrogen and oxygen atoms in total. The molecule has 2 aliphatic rings. The summed E-state index contributed by atoms with van der Waals surface area (Å²) in [4.78, 5) is 54.5. The van der Waals surface area contributed by atoms with Crippen molar-refractivity contribution >= 4 is 23.5 Å². The zero-order chi connectivity index (χ0) is 28.3. The summed E-state index contributed by atoms with van der Waals surface area (Å²) >= 11 is 0. The van der Waals surface area contributed by atoms with Crippen LogP contribution in [-0.4, -0.2) is 66.2 Å². The summed E-state index contributed by atoms with van der Waals surface area (Å²) in [7, 11) is 0. The highest BCUT2D eigenvalue weighted by molar-refractivity contribution is 6.38. The molecule has 0 aromatic heterocycles. The number of ketones is 1. The van der Waals surface area contributed by atoms with E-state index in [1.807, 2.05) is 27.7 Å². The van der Waals surface area contributed by atoms with Crippen LogP contribution in [0, 0.1) is 28.1 Å². The molecule has 0 aromatic carbocycles. The van der Waals surface area contributed by atoms with Crippen molar-refractivity contribution in [2.24, 2.45) is 28.1 Å². The molecule has 2 unspecified atom stereocenters. The fourth-order valence-corrected chi connectivity index (χ4v) is 5.56. The molecule has 3 N–H and O–H groups in total. The van der Waals surface area contributed by atoms with Gasteiger partial charge in [0.2, 0.25) is 17.6 Å². The first-order valence-electron chi connectivity index (χ1n) is 13.7. The molecular formula is C29H50N4O4. The normalized spacial score (nSPS) is 24.0. The predicted octanol–water partition coefficient (Wildman–Crippen LogP) is 3.07. The van der Waals surface area contributed by atoms with E-state index >= 15 is 0 Å². The van der Waals surface area contributed by atoms with E-state index in [0.29, 0.717) is 25.9 Å². The third kappa shape index (κ3) is 7.43. The highest BCUT2D eigenvalue weighted by Gasteiger charge is 2.69. The van der Waals surface area contributed by atoms with E-state index in [0.717, 1.165) is 6.42 Å². The molecule has 3 amide bonds. The Balaban J connectivity index is 2.25. The van der Waals surface area contributed by atoms with E-state index in [9.17, 15) is 19.2 Å². The van der Waals surface area contributed by atoms with E-state index in [1.165, 1.54) is 6.08 Å². The molecule has 5 atom stereocenters. The number of fused-ring (bicyclic) bond motifs is 1. The number of piperidine rings is 1. The summed E-state index contributed by atoms with van der Waals surface area (Å²) in [5.41, 5.74) is -0.261. The number of Topliss-reactive ketones (excluding diaryl/α,β-unsaturated/α-hetero) is 1. The number of carbonyl (C=O) groups is 4. The van der Waals surface area contributed by atoms with Crippen molar-refractivity contribution in [2.45, 2.75) is 99.7 Å². The van der Waals surface area contributed by atoms with Crippen molar-refractivity contribution in [1.29, 1.82) is 0 Å². The van der Waals surface area contributed by atoms with Gasteiger partial charge in [0, 0.05) is 13.1 Å². The minimum atomic E-state index is -0.927. The second-order valence-electron chi connectivity index (χ2n) is 13.7. The van der Waals surface area contributed by atoms with E-state index in [1.54, 1.807) is 4.90 Å². The number of carbonyl (C=O) groups excluding carboxylic acids is 4. The fourth-order valence-electron chi connectivity index (χ4n) is 5.56. The molecule has 210 valence electrons. The van der Waals surface area contributed by atoms with Crippen LogP contribution in [0.15, 0.2) is 12.7 Å². The molecule has 1 aliphatic carbocycles. The van der Waals surface area contributed by atoms with Gasteiger partial charge < -0.3 is 20.9 Å². The lowest BCUT2D eigenvalue weighted by Crippen LogP contribution is -2.60. The third-order valence-electron chi connectivity index (χ3n) is 7.94. The lowest BCUT2D eigenvalue weighted by Gasteiger charge is -2.38. The van der Waals surface area contributed by atoms with Crippen LogP contribution >= 0.6 is 0 Å². The van der Waals surface area contributed by atoms with Crippen LogP contribution in [0.5, 0.6) is 0 Å². The van der Waals surface area contributed by atoms with Gasteiger partial charge in [-0.25, -0.2) is 0 Å². The average molecular weight is 519 g/mol. The van der Waals surface area contributed by atoms with Crippen LogP contribution in [0.1, 0.15) is 81.6 Å². The minimum Gasteiger partial charge on any atom is -0.346 e. The lowest BCUT2D eigenvalue weighted by molar-refractivity contribution is -0.145. The smallest absolute Gasteiger partial charge is 0.289 e. The molecule has 0 aromatic rings. The molecule has 1 aliphatic heterocycles. The number of nitrogens with zero attached hydrogens (tertiary/aromatic N) is 1. The number of amides is 3. The van der Waals surface area contributed by atoms with Gasteiger partial charge in [-0.1, -0.05) is 74.8 Å². The van der Waals surface area contributed by atoms with Gasteiger partial charge in [0.1, 0.15) is 6.04 Å². The summed E-state index contributed by atoms with van der Waals surface area (Å²) in [6.07, 6.45) is 3.39. The highest BCUT2D eigenvalue weighted by Crippen LogP contribution is 2.65. The fraction of sp³-hybridized carbons (Fsp3) is 0.793. The van der Waals surface area contributed by atoms with Gasteiger partial charge in [0.15, 0.2) is 0 Å². The molecule has 1 saturated heterocycles. The molecule has 1 saturated carbocycles. The molecule has 2 rings (SSSR count). The van der Waals surface area contributed by atoms with Crippen molar-refractivity contribution in [3.8, 4) is 0 Å². The van der Waals surface area contributed by atoms with Crippen LogP contribution in [-0.2, 0) is 19.2 Å². The molecular weight excluding hydrogens is 468 g/mol. The SMILES string of the molecule is C=CCNC(=O)C(=O)C(CCC)NC(=O)[C@@H]1[C@H]2[C@@H](CN1C(=O)C(NCCC(C)(C)C)C(C)(C)C)C2(C)C. The Kier molecular flexibility index (Phi) is 9.77. The van der Waals surface area contributed by atoms with Crippen LogP contribution in [0.3, 0.4) is 0 Å². The first-order chi connectivity index (χ1) is 17.0. The predicted molar refractivity (Wildman–Crippen MR) is 147 cm³/mol. The summed E-state index contributed by atoms with van der Waals surface area (Å²) in [5, 5.41) is 8.83. The van der Waals surface area contributed by atoms with Crippen LogP contribution in [0.25, 0.3) is 0 Å². The topological polar surface area (TPSA) is 108 Å². The lowest BCUT2D eigenvalue weighted by atomic mass is 9.84. The van der Waals surface area contributed by atoms with Gasteiger partial charge in [-0.15, -0.1) is 6.58 Å². The molecule has 8 heteroatoms. The van der Waals surface area contributed by atoms with Gasteiger partial charge >= 0.3 is 0 Å². The maximum atomic E-state index is 14.0. The first-order valence-corrected chi connectivity index (χ1v) is 13.7. The molecule has 0 radical (unpaired) electrons. The van der Waals surface area contributed by atoms with E-state index in [-0.39, 0.29) is 46.4 Å². The standard InChI is InChI=1S/C29H50N4O4/c1-11-13-19(22(34)25(36)31-15-12-2)32-24(35)21-20-18(29(20,9)10)17-33(21)26(37)23(28(6,7)8)30-16-14-27(3,4)5/h12,18-21,23,30H,2,11,13-17H2,1,3-10H3,(H,31,36)(H,32,35)/t18-,19?,20-,21+,23?/m1/s1. The van der Waals surface area contributed by atoms with Crippen LogP contribution in [0.4, 0.5) is 0 Å². The van der Waals surface area contributed by atoms with Gasteiger partial charge in [-0.2, -0.15) is 0 Å². The second-order valence-corrected chi connectivity index (χ2v) is 13.7. The largest absolute Gasteiger partial charge is 0.346 e. The Labute approximate surface area is 223 Å². The van der Waals surface area contributed by atoms with E-state index in [4.69, 9.17) is 0 Å². The second kappa shape index (κ2) is 11.7. The van der Waals surface area contributed by atoms with Crippen molar-refractivity contribution < 1.29 is 19.2 Å². The van der Waals surface area contributed by atoms with Gasteiger partial charge in [0.25, 0.3) is 5.91 Å². The highest BCUT2D eigenvalue weighted by atomic mass is 16.2. The Bertz CT molecular complexity index is 883. The van der Waals surface area contributed by atoms with Gasteiger partial charge in [-0.05, 0) is 47.5 Å². The number of hydrogen-bond acceptors (Lipinski definition) is 5. The van der Waals surface area contributed by atoms with Gasteiger partial charge in [0.05, 0.1) is 12.1 Å². The summed E-state index contributed by atoms with van der Waals surface area (Å²) < 4.78 is 0. The quantitative estimate of drug-likeness (QED) is 0.272. The van der Waals surface area contributed by atoms with E-state index < -0.39 is 29.8 Å². The number of likely N-dealkylation sites (tertiary alicyclic amines) is 1. The van der Waals surface area contributed by atoms with E-state index in [2.05, 4.69) is 57.1 Å². The zero-order valence-corrected chi connectivity index (χ0v) is 24.5. The Hall–Kier alpha value is -2.22.